The van der Waals surface area contributed by atoms with Gasteiger partial charge in [-0.25, -0.2) is 9.97 Å². The van der Waals surface area contributed by atoms with E-state index < -0.39 is 0 Å². The highest BCUT2D eigenvalue weighted by atomic mass is 15.1. The summed E-state index contributed by atoms with van der Waals surface area (Å²) in [7, 11) is 4.06. The minimum atomic E-state index is 0.770. The van der Waals surface area contributed by atoms with E-state index in [0.717, 1.165) is 33.3 Å². The molecule has 2 heterocycles. The number of benzene rings is 2. The highest BCUT2D eigenvalue weighted by Gasteiger charge is 2.09. The molecule has 2 aromatic heterocycles. The summed E-state index contributed by atoms with van der Waals surface area (Å²) in [6.07, 6.45) is 1.93. The summed E-state index contributed by atoms with van der Waals surface area (Å²) in [5, 5.41) is 7.17. The maximum atomic E-state index is 4.63. The first kappa shape index (κ1) is 12.0. The molecule has 21 heavy (non-hydrogen) atoms. The molecule has 0 unspecified atom stereocenters. The number of aromatic amines is 2. The molecule has 104 valence electrons. The van der Waals surface area contributed by atoms with Crippen LogP contribution in [-0.4, -0.2) is 34.3 Å². The highest BCUT2D eigenvalue weighted by Crippen LogP contribution is 2.25. The van der Waals surface area contributed by atoms with Gasteiger partial charge in [0.1, 0.15) is 0 Å². The zero-order valence-electron chi connectivity index (χ0n) is 11.9. The van der Waals surface area contributed by atoms with E-state index in [9.17, 15) is 0 Å². The van der Waals surface area contributed by atoms with Crippen molar-refractivity contribution in [1.29, 1.82) is 0 Å². The Morgan fingerprint density at radius 2 is 1.67 bits per heavy atom. The van der Waals surface area contributed by atoms with Crippen LogP contribution in [-0.2, 0) is 0 Å². The molecule has 0 saturated carbocycles. The Balaban J connectivity index is 1.82. The summed E-state index contributed by atoms with van der Waals surface area (Å²) in [5.74, 6) is 0.770. The molecule has 2 N–H and O–H groups in total. The Morgan fingerprint density at radius 3 is 2.38 bits per heavy atom. The zero-order chi connectivity index (χ0) is 14.4. The van der Waals surface area contributed by atoms with Crippen LogP contribution in [0.5, 0.6) is 0 Å². The monoisotopic (exact) mass is 277 g/mol. The molecule has 0 spiro atoms. The number of rotatable bonds is 2. The molecule has 0 amide bonds. The number of fused-ring (bicyclic) bond motifs is 2. The second-order valence-electron chi connectivity index (χ2n) is 5.33. The normalized spacial score (nSPS) is 11.3. The van der Waals surface area contributed by atoms with E-state index in [0.29, 0.717) is 0 Å². The molecule has 0 aliphatic carbocycles. The molecule has 4 rings (SSSR count). The average molecular weight is 277 g/mol. The fourth-order valence-corrected chi connectivity index (χ4v) is 2.48. The number of H-pyrrole nitrogens is 2. The molecule has 0 radical (unpaired) electrons. The number of anilines is 1. The SMILES string of the molecule is CN(C)c1ccc(-c2nc3cc4c[nH][nH]c4cc3n2)cc1. The fourth-order valence-electron chi connectivity index (χ4n) is 2.48. The Bertz CT molecular complexity index is 867. The van der Waals surface area contributed by atoms with Crippen molar-refractivity contribution in [2.75, 3.05) is 19.0 Å². The predicted octanol–water partition coefficient (Wildman–Crippen LogP) is 3.17. The Kier molecular flexibility index (Phi) is 2.47. The van der Waals surface area contributed by atoms with Gasteiger partial charge in [0.15, 0.2) is 5.82 Å². The summed E-state index contributed by atoms with van der Waals surface area (Å²) in [5.41, 5.74) is 5.06. The lowest BCUT2D eigenvalue weighted by atomic mass is 10.2. The topological polar surface area (TPSA) is 60.6 Å². The first-order valence-electron chi connectivity index (χ1n) is 6.82. The second-order valence-corrected chi connectivity index (χ2v) is 5.33. The van der Waals surface area contributed by atoms with Gasteiger partial charge in [0.05, 0.1) is 16.6 Å². The lowest BCUT2D eigenvalue weighted by Crippen LogP contribution is -2.07. The zero-order valence-corrected chi connectivity index (χ0v) is 11.9. The van der Waals surface area contributed by atoms with Gasteiger partial charge >= 0.3 is 0 Å². The van der Waals surface area contributed by atoms with Crippen molar-refractivity contribution in [3.05, 3.63) is 42.6 Å². The summed E-state index contributed by atoms with van der Waals surface area (Å²) in [6.45, 7) is 0. The van der Waals surface area contributed by atoms with Crippen molar-refractivity contribution in [1.82, 2.24) is 20.2 Å². The third-order valence-corrected chi connectivity index (χ3v) is 3.68. The smallest absolute Gasteiger partial charge is 0.160 e. The molecule has 5 heteroatoms. The number of hydrogen-bond donors (Lipinski definition) is 2. The van der Waals surface area contributed by atoms with Crippen molar-refractivity contribution in [3.8, 4) is 11.4 Å². The Labute approximate surface area is 121 Å². The van der Waals surface area contributed by atoms with Gasteiger partial charge in [-0.2, -0.15) is 0 Å². The van der Waals surface area contributed by atoms with Gasteiger partial charge in [0.2, 0.25) is 0 Å². The number of nitrogens with one attached hydrogen (secondary N) is 2. The van der Waals surface area contributed by atoms with Crippen molar-refractivity contribution in [2.45, 2.75) is 0 Å². The largest absolute Gasteiger partial charge is 0.378 e. The van der Waals surface area contributed by atoms with E-state index >= 15 is 0 Å². The molecular formula is C16H15N5. The first-order chi connectivity index (χ1) is 10.2. The van der Waals surface area contributed by atoms with Crippen LogP contribution in [0, 0.1) is 0 Å². The van der Waals surface area contributed by atoms with E-state index in [1.165, 1.54) is 5.69 Å². The highest BCUT2D eigenvalue weighted by molar-refractivity contribution is 5.93. The number of imidazole rings is 1. The summed E-state index contributed by atoms with van der Waals surface area (Å²) in [4.78, 5) is 11.3. The van der Waals surface area contributed by atoms with Gasteiger partial charge in [-0.05, 0) is 36.4 Å². The van der Waals surface area contributed by atoms with E-state index in [1.54, 1.807) is 0 Å². The summed E-state index contributed by atoms with van der Waals surface area (Å²) < 4.78 is 0. The Morgan fingerprint density at radius 1 is 0.952 bits per heavy atom. The van der Waals surface area contributed by atoms with Crippen molar-refractivity contribution in [2.24, 2.45) is 0 Å². The van der Waals surface area contributed by atoms with Crippen LogP contribution in [0.1, 0.15) is 0 Å². The first-order valence-corrected chi connectivity index (χ1v) is 6.82. The van der Waals surface area contributed by atoms with E-state index in [4.69, 9.17) is 0 Å². The molecule has 0 saturated heterocycles. The minimum absolute atomic E-state index is 0.770. The third kappa shape index (κ3) is 1.94. The molecule has 0 aliphatic rings. The molecule has 4 aromatic rings. The average Bonchev–Trinajstić information content (AvgIpc) is 3.10. The molecule has 5 nitrogen and oxygen atoms in total. The van der Waals surface area contributed by atoms with Crippen LogP contribution < -0.4 is 4.90 Å². The molecule has 0 aliphatic heterocycles. The molecule has 0 bridgehead atoms. The van der Waals surface area contributed by atoms with Gasteiger partial charge in [0.25, 0.3) is 0 Å². The number of aromatic nitrogens is 4. The van der Waals surface area contributed by atoms with Crippen molar-refractivity contribution >= 4 is 27.6 Å². The van der Waals surface area contributed by atoms with Gasteiger partial charge in [-0.3, -0.25) is 0 Å². The summed E-state index contributed by atoms with van der Waals surface area (Å²) in [6, 6.07) is 12.3. The molecule has 0 fully saturated rings. The van der Waals surface area contributed by atoms with E-state index in [1.807, 2.05) is 32.4 Å². The van der Waals surface area contributed by atoms with Gasteiger partial charge in [0, 0.05) is 36.9 Å². The number of nitrogens with zero attached hydrogens (tertiary/aromatic N) is 3. The van der Waals surface area contributed by atoms with Crippen LogP contribution in [0.2, 0.25) is 0 Å². The molecule has 2 aromatic carbocycles. The predicted molar refractivity (Wildman–Crippen MR) is 85.5 cm³/mol. The maximum Gasteiger partial charge on any atom is 0.160 e. The minimum Gasteiger partial charge on any atom is -0.378 e. The van der Waals surface area contributed by atoms with E-state index in [2.05, 4.69) is 49.3 Å². The van der Waals surface area contributed by atoms with Crippen LogP contribution in [0.25, 0.3) is 33.3 Å². The third-order valence-electron chi connectivity index (χ3n) is 3.68. The second kappa shape index (κ2) is 4.34. The lowest BCUT2D eigenvalue weighted by molar-refractivity contribution is 1.12. The maximum absolute atomic E-state index is 4.63. The van der Waals surface area contributed by atoms with Crippen molar-refractivity contribution < 1.29 is 0 Å². The lowest BCUT2D eigenvalue weighted by Gasteiger charge is -2.11. The summed E-state index contributed by atoms with van der Waals surface area (Å²) >= 11 is 0. The van der Waals surface area contributed by atoms with Gasteiger partial charge in [-0.1, -0.05) is 0 Å². The van der Waals surface area contributed by atoms with Crippen LogP contribution in [0.4, 0.5) is 5.69 Å². The fraction of sp³-hybridized carbons (Fsp3) is 0.125. The standard InChI is InChI=1S/C16H15N5/c1-21(2)12-5-3-10(4-6-12)16-18-14-7-11-9-17-20-13(11)8-15(14)19-16/h3-9,17,20H,1-2H3. The quantitative estimate of drug-likeness (QED) is 0.591. The molecular weight excluding hydrogens is 262 g/mol. The van der Waals surface area contributed by atoms with Crippen molar-refractivity contribution in [3.63, 3.8) is 0 Å². The van der Waals surface area contributed by atoms with E-state index in [-0.39, 0.29) is 0 Å². The van der Waals surface area contributed by atoms with Gasteiger partial charge < -0.3 is 15.1 Å². The number of hydrogen-bond acceptors (Lipinski definition) is 3. The molecule has 0 atom stereocenters. The van der Waals surface area contributed by atoms with Crippen LogP contribution >= 0.6 is 0 Å². The van der Waals surface area contributed by atoms with Gasteiger partial charge in [-0.15, -0.1) is 0 Å². The van der Waals surface area contributed by atoms with Crippen LogP contribution in [0.3, 0.4) is 0 Å². The Hall–Kier alpha value is -2.82. The van der Waals surface area contributed by atoms with Crippen LogP contribution in [0.15, 0.2) is 42.6 Å².